The molecule has 0 aliphatic carbocycles. The van der Waals surface area contributed by atoms with Gasteiger partial charge in [-0.1, -0.05) is 19.1 Å². The Morgan fingerprint density at radius 3 is 2.76 bits per heavy atom. The van der Waals surface area contributed by atoms with Gasteiger partial charge in [0.15, 0.2) is 0 Å². The first-order valence-corrected chi connectivity index (χ1v) is 11.0. The van der Waals surface area contributed by atoms with Gasteiger partial charge in [0, 0.05) is 49.4 Å². The summed E-state index contributed by atoms with van der Waals surface area (Å²) in [6.07, 6.45) is 2.37. The number of methoxy groups -OCH3 is 1. The van der Waals surface area contributed by atoms with Crippen molar-refractivity contribution in [3.8, 4) is 11.8 Å². The lowest BCUT2D eigenvalue weighted by atomic mass is 10.0. The van der Waals surface area contributed by atoms with Crippen LogP contribution >= 0.6 is 0 Å². The van der Waals surface area contributed by atoms with Gasteiger partial charge in [-0.05, 0) is 49.2 Å². The third-order valence-corrected chi connectivity index (χ3v) is 5.84. The first-order chi connectivity index (χ1) is 16.0. The number of nitriles is 1. The van der Waals surface area contributed by atoms with E-state index in [1.807, 2.05) is 24.3 Å². The summed E-state index contributed by atoms with van der Waals surface area (Å²) in [5, 5.41) is 25.0. The first-order valence-electron chi connectivity index (χ1n) is 11.0. The van der Waals surface area contributed by atoms with E-state index in [0.29, 0.717) is 17.7 Å². The average molecular weight is 448 g/mol. The number of nitro benzene ring substituents is 1. The van der Waals surface area contributed by atoms with Crippen LogP contribution in [0.1, 0.15) is 29.2 Å². The van der Waals surface area contributed by atoms with Crippen LogP contribution in [-0.2, 0) is 13.0 Å². The molecule has 1 heterocycles. The predicted octanol–water partition coefficient (Wildman–Crippen LogP) is 3.99. The van der Waals surface area contributed by atoms with E-state index in [9.17, 15) is 15.4 Å². The van der Waals surface area contributed by atoms with Crippen molar-refractivity contribution in [3.63, 3.8) is 0 Å². The van der Waals surface area contributed by atoms with Crippen molar-refractivity contribution in [2.75, 3.05) is 33.3 Å². The van der Waals surface area contributed by atoms with Gasteiger partial charge in [0.25, 0.3) is 5.69 Å². The van der Waals surface area contributed by atoms with Crippen LogP contribution in [-0.4, -0.2) is 48.1 Å². The Bertz CT molecular complexity index is 1170. The molecular weight excluding hydrogens is 418 g/mol. The minimum atomic E-state index is -0.342. The van der Waals surface area contributed by atoms with Crippen molar-refractivity contribution < 1.29 is 9.66 Å². The smallest absolute Gasteiger partial charge is 0.272 e. The maximum Gasteiger partial charge on any atom is 0.272 e. The molecule has 0 saturated carbocycles. The van der Waals surface area contributed by atoms with Gasteiger partial charge in [-0.3, -0.25) is 15.1 Å². The van der Waals surface area contributed by atoms with Crippen molar-refractivity contribution in [1.29, 1.82) is 5.26 Å². The van der Waals surface area contributed by atoms with Crippen LogP contribution in [0.25, 0.3) is 10.9 Å². The molecule has 1 N–H and O–H groups in total. The number of ether oxygens (including phenoxy) is 1. The number of hydrogen-bond acceptors (Lipinski definition) is 7. The minimum Gasteiger partial charge on any atom is -0.497 e. The summed E-state index contributed by atoms with van der Waals surface area (Å²) in [7, 11) is 1.63. The number of nitrogens with one attached hydrogen (secondary N) is 1. The predicted molar refractivity (Wildman–Crippen MR) is 128 cm³/mol. The van der Waals surface area contributed by atoms with Crippen LogP contribution in [0.2, 0.25) is 0 Å². The molecule has 0 atom stereocenters. The van der Waals surface area contributed by atoms with E-state index in [-0.39, 0.29) is 10.6 Å². The Balaban J connectivity index is 1.60. The minimum absolute atomic E-state index is 0.152. The van der Waals surface area contributed by atoms with E-state index in [2.05, 4.69) is 28.2 Å². The Labute approximate surface area is 194 Å². The number of pyridine rings is 1. The summed E-state index contributed by atoms with van der Waals surface area (Å²) >= 11 is 0. The van der Waals surface area contributed by atoms with Gasteiger partial charge in [-0.2, -0.15) is 5.26 Å². The van der Waals surface area contributed by atoms with Crippen molar-refractivity contribution >= 4 is 16.6 Å². The fraction of sp³-hybridized carbons (Fsp3) is 0.360. The fourth-order valence-corrected chi connectivity index (χ4v) is 3.85. The number of hydrogen-bond donors (Lipinski definition) is 1. The highest BCUT2D eigenvalue weighted by molar-refractivity contribution is 5.85. The molecule has 33 heavy (non-hydrogen) atoms. The summed E-state index contributed by atoms with van der Waals surface area (Å²) in [5.74, 6) is 0.744. The third-order valence-electron chi connectivity index (χ3n) is 5.84. The summed E-state index contributed by atoms with van der Waals surface area (Å²) in [6.45, 7) is 7.71. The number of fused-ring (bicyclic) bond motifs is 1. The standard InChI is InChI=1S/C25H29N5O3/c1-4-29(12-10-27-16-19-6-5-18(2)25(13-19)30(31)32)11-9-22-20(15-26)17-28-24-8-7-21(33-3)14-23(22)24/h5-8,13-14,17,27H,4,9-12,16H2,1-3H3. The molecule has 0 radical (unpaired) electrons. The summed E-state index contributed by atoms with van der Waals surface area (Å²) in [6, 6.07) is 13.3. The number of rotatable bonds is 11. The number of likely N-dealkylation sites (N-methyl/N-ethyl adjacent to an activating group) is 1. The molecule has 0 unspecified atom stereocenters. The summed E-state index contributed by atoms with van der Waals surface area (Å²) < 4.78 is 5.36. The molecule has 0 aliphatic heterocycles. The lowest BCUT2D eigenvalue weighted by Gasteiger charge is -2.21. The number of aromatic nitrogens is 1. The highest BCUT2D eigenvalue weighted by Crippen LogP contribution is 2.25. The lowest BCUT2D eigenvalue weighted by molar-refractivity contribution is -0.385. The lowest BCUT2D eigenvalue weighted by Crippen LogP contribution is -2.33. The van der Waals surface area contributed by atoms with E-state index >= 15 is 0 Å². The van der Waals surface area contributed by atoms with Crippen LogP contribution < -0.4 is 10.1 Å². The molecule has 8 nitrogen and oxygen atoms in total. The van der Waals surface area contributed by atoms with Gasteiger partial charge in [-0.15, -0.1) is 0 Å². The van der Waals surface area contributed by atoms with Crippen LogP contribution in [0, 0.1) is 28.4 Å². The normalized spacial score (nSPS) is 11.0. The molecule has 3 aromatic rings. The molecular formula is C25H29N5O3. The number of aryl methyl sites for hydroxylation is 1. The maximum atomic E-state index is 11.1. The van der Waals surface area contributed by atoms with Crippen molar-refractivity contribution in [2.24, 2.45) is 0 Å². The second-order valence-electron chi connectivity index (χ2n) is 7.88. The van der Waals surface area contributed by atoms with Crippen LogP contribution in [0.5, 0.6) is 5.75 Å². The Morgan fingerprint density at radius 1 is 1.24 bits per heavy atom. The molecule has 0 fully saturated rings. The van der Waals surface area contributed by atoms with Crippen LogP contribution in [0.4, 0.5) is 5.69 Å². The van der Waals surface area contributed by atoms with Crippen molar-refractivity contribution in [3.05, 3.63) is 75.0 Å². The largest absolute Gasteiger partial charge is 0.497 e. The highest BCUT2D eigenvalue weighted by Gasteiger charge is 2.13. The van der Waals surface area contributed by atoms with Crippen molar-refractivity contribution in [1.82, 2.24) is 15.2 Å². The Morgan fingerprint density at radius 2 is 2.06 bits per heavy atom. The number of nitro groups is 1. The molecule has 2 aromatic carbocycles. The van der Waals surface area contributed by atoms with Crippen molar-refractivity contribution in [2.45, 2.75) is 26.8 Å². The molecule has 8 heteroatoms. The fourth-order valence-electron chi connectivity index (χ4n) is 3.85. The number of benzene rings is 2. The zero-order valence-electron chi connectivity index (χ0n) is 19.3. The molecule has 0 aliphatic rings. The second-order valence-corrected chi connectivity index (χ2v) is 7.88. The number of nitrogens with zero attached hydrogens (tertiary/aromatic N) is 4. The molecule has 1 aromatic heterocycles. The molecule has 0 bridgehead atoms. The molecule has 0 spiro atoms. The van der Waals surface area contributed by atoms with E-state index < -0.39 is 0 Å². The van der Waals surface area contributed by atoms with Gasteiger partial charge in [0.05, 0.1) is 23.1 Å². The highest BCUT2D eigenvalue weighted by atomic mass is 16.6. The third kappa shape index (κ3) is 6.04. The van der Waals surface area contributed by atoms with Gasteiger partial charge in [-0.25, -0.2) is 0 Å². The van der Waals surface area contributed by atoms with Gasteiger partial charge >= 0.3 is 0 Å². The summed E-state index contributed by atoms with van der Waals surface area (Å²) in [5.41, 5.74) is 4.14. The van der Waals surface area contributed by atoms with E-state index in [4.69, 9.17) is 4.74 Å². The second kappa shape index (κ2) is 11.4. The maximum absolute atomic E-state index is 11.1. The van der Waals surface area contributed by atoms with Crippen LogP contribution in [0.15, 0.2) is 42.6 Å². The van der Waals surface area contributed by atoms with Gasteiger partial charge in [0.2, 0.25) is 0 Å². The van der Waals surface area contributed by atoms with Gasteiger partial charge in [0.1, 0.15) is 11.8 Å². The van der Waals surface area contributed by atoms with E-state index in [1.54, 1.807) is 32.4 Å². The molecule has 0 saturated heterocycles. The van der Waals surface area contributed by atoms with Crippen LogP contribution in [0.3, 0.4) is 0 Å². The SMILES string of the molecule is CCN(CCNCc1ccc(C)c([N+](=O)[O-])c1)CCc1c(C#N)cnc2ccc(OC)cc12. The molecule has 3 rings (SSSR count). The first kappa shape index (κ1) is 24.1. The monoisotopic (exact) mass is 447 g/mol. The zero-order chi connectivity index (χ0) is 23.8. The topological polar surface area (TPSA) is 104 Å². The van der Waals surface area contributed by atoms with E-state index in [0.717, 1.165) is 60.4 Å². The quantitative estimate of drug-likeness (QED) is 0.269. The summed E-state index contributed by atoms with van der Waals surface area (Å²) in [4.78, 5) is 17.5. The zero-order valence-corrected chi connectivity index (χ0v) is 19.3. The average Bonchev–Trinajstić information content (AvgIpc) is 2.83. The Kier molecular flexibility index (Phi) is 8.30. The molecule has 172 valence electrons. The Hall–Kier alpha value is -3.54. The van der Waals surface area contributed by atoms with Gasteiger partial charge < -0.3 is 15.0 Å². The molecule has 0 amide bonds. The van der Waals surface area contributed by atoms with E-state index in [1.165, 1.54) is 0 Å².